The first kappa shape index (κ1) is 18.2. The number of aliphatic hydroxyl groups excluding tert-OH is 1. The molecular formula is C20H31N3O2. The van der Waals surface area contributed by atoms with Crippen LogP contribution in [0.1, 0.15) is 42.6 Å². The van der Waals surface area contributed by atoms with Crippen LogP contribution in [-0.4, -0.2) is 61.3 Å². The Morgan fingerprint density at radius 2 is 1.96 bits per heavy atom. The summed E-state index contributed by atoms with van der Waals surface area (Å²) < 4.78 is 0. The fourth-order valence-corrected chi connectivity index (χ4v) is 3.73. The van der Waals surface area contributed by atoms with Crippen molar-refractivity contribution in [1.29, 1.82) is 0 Å². The first-order chi connectivity index (χ1) is 11.9. The van der Waals surface area contributed by atoms with Gasteiger partial charge in [0.1, 0.15) is 0 Å². The molecule has 5 nitrogen and oxygen atoms in total. The van der Waals surface area contributed by atoms with Gasteiger partial charge >= 0.3 is 0 Å². The van der Waals surface area contributed by atoms with Gasteiger partial charge in [0.05, 0.1) is 0 Å². The molecule has 1 amide bonds. The highest BCUT2D eigenvalue weighted by molar-refractivity contribution is 5.96. The molecule has 0 unspecified atom stereocenters. The average Bonchev–Trinajstić information content (AvgIpc) is 2.94. The van der Waals surface area contributed by atoms with E-state index < -0.39 is 0 Å². The van der Waals surface area contributed by atoms with Gasteiger partial charge in [-0.15, -0.1) is 0 Å². The van der Waals surface area contributed by atoms with E-state index in [1.165, 1.54) is 25.9 Å². The molecule has 0 saturated carbocycles. The van der Waals surface area contributed by atoms with E-state index in [4.69, 9.17) is 0 Å². The van der Waals surface area contributed by atoms with Crippen LogP contribution in [0.15, 0.2) is 18.2 Å². The number of aryl methyl sites for hydroxylation is 1. The Labute approximate surface area is 151 Å². The van der Waals surface area contributed by atoms with Crippen molar-refractivity contribution >= 4 is 11.6 Å². The summed E-state index contributed by atoms with van der Waals surface area (Å²) in [4.78, 5) is 17.7. The second kappa shape index (κ2) is 7.34. The zero-order valence-corrected chi connectivity index (χ0v) is 15.7. The van der Waals surface area contributed by atoms with Gasteiger partial charge in [-0.25, -0.2) is 0 Å². The Morgan fingerprint density at radius 1 is 1.24 bits per heavy atom. The number of piperidine rings is 1. The smallest absolute Gasteiger partial charge is 0.251 e. The molecule has 5 heteroatoms. The zero-order valence-electron chi connectivity index (χ0n) is 15.7. The molecule has 4 rings (SSSR count). The van der Waals surface area contributed by atoms with Crippen molar-refractivity contribution in [2.75, 3.05) is 44.2 Å². The predicted octanol–water partition coefficient (Wildman–Crippen LogP) is 2.03. The molecule has 3 heterocycles. The van der Waals surface area contributed by atoms with E-state index in [1.54, 1.807) is 0 Å². The molecule has 2 N–H and O–H groups in total. The molecule has 3 aliphatic rings. The summed E-state index contributed by atoms with van der Waals surface area (Å²) >= 11 is 0. The third kappa shape index (κ3) is 4.15. The Balaban J connectivity index is 1.77. The van der Waals surface area contributed by atoms with Gasteiger partial charge < -0.3 is 20.2 Å². The normalized spacial score (nSPS) is 23.4. The van der Waals surface area contributed by atoms with Gasteiger partial charge in [0.25, 0.3) is 5.91 Å². The van der Waals surface area contributed by atoms with Crippen LogP contribution < -0.4 is 10.2 Å². The number of nitrogens with zero attached hydrogens (tertiary/aromatic N) is 2. The number of hydrogen-bond donors (Lipinski definition) is 2. The van der Waals surface area contributed by atoms with Crippen LogP contribution in [0.5, 0.6) is 0 Å². The van der Waals surface area contributed by atoms with Crippen LogP contribution in [0.25, 0.3) is 0 Å². The molecule has 3 saturated heterocycles. The van der Waals surface area contributed by atoms with Gasteiger partial charge in [0, 0.05) is 62.0 Å². The molecule has 0 spiro atoms. The number of amides is 1. The quantitative estimate of drug-likeness (QED) is 0.857. The fourth-order valence-electron chi connectivity index (χ4n) is 3.73. The SMILES string of the molecule is Cc1ccc(N2CCN3CCC2CC3)cc1C(=O)NCC(C)(C)CO. The predicted molar refractivity (Wildman–Crippen MR) is 101 cm³/mol. The van der Waals surface area contributed by atoms with Crippen molar-refractivity contribution < 1.29 is 9.90 Å². The van der Waals surface area contributed by atoms with Gasteiger partial charge in [-0.2, -0.15) is 0 Å². The highest BCUT2D eigenvalue weighted by Gasteiger charge is 2.29. The molecular weight excluding hydrogens is 314 g/mol. The maximum atomic E-state index is 12.7. The van der Waals surface area contributed by atoms with Crippen LogP contribution in [0.4, 0.5) is 5.69 Å². The average molecular weight is 345 g/mol. The minimum Gasteiger partial charge on any atom is -0.396 e. The lowest BCUT2D eigenvalue weighted by Gasteiger charge is -2.33. The van der Waals surface area contributed by atoms with Gasteiger partial charge in [-0.1, -0.05) is 19.9 Å². The summed E-state index contributed by atoms with van der Waals surface area (Å²) in [5, 5.41) is 12.4. The first-order valence-corrected chi connectivity index (χ1v) is 9.38. The van der Waals surface area contributed by atoms with Gasteiger partial charge in [-0.3, -0.25) is 4.79 Å². The van der Waals surface area contributed by atoms with E-state index in [9.17, 15) is 9.90 Å². The molecule has 2 bridgehead atoms. The second-order valence-corrected chi connectivity index (χ2v) is 8.27. The van der Waals surface area contributed by atoms with Crippen molar-refractivity contribution in [2.45, 2.75) is 39.7 Å². The lowest BCUT2D eigenvalue weighted by molar-refractivity contribution is 0.0910. The Bertz CT molecular complexity index is 621. The fraction of sp³-hybridized carbons (Fsp3) is 0.650. The zero-order chi connectivity index (χ0) is 18.0. The van der Waals surface area contributed by atoms with Crippen molar-refractivity contribution in [1.82, 2.24) is 10.2 Å². The lowest BCUT2D eigenvalue weighted by atomic mass is 9.94. The first-order valence-electron chi connectivity index (χ1n) is 9.38. The minimum absolute atomic E-state index is 0.0521. The molecule has 0 aliphatic carbocycles. The summed E-state index contributed by atoms with van der Waals surface area (Å²) in [6.07, 6.45) is 2.42. The number of rotatable bonds is 5. The summed E-state index contributed by atoms with van der Waals surface area (Å²) in [5.74, 6) is -0.0521. The molecule has 25 heavy (non-hydrogen) atoms. The van der Waals surface area contributed by atoms with Crippen LogP contribution >= 0.6 is 0 Å². The van der Waals surface area contributed by atoms with Crippen LogP contribution in [0.3, 0.4) is 0 Å². The van der Waals surface area contributed by atoms with Crippen molar-refractivity contribution in [2.24, 2.45) is 5.41 Å². The largest absolute Gasteiger partial charge is 0.396 e. The lowest BCUT2D eigenvalue weighted by Crippen LogP contribution is -2.38. The highest BCUT2D eigenvalue weighted by Crippen LogP contribution is 2.28. The summed E-state index contributed by atoms with van der Waals surface area (Å²) in [5.41, 5.74) is 2.58. The number of carbonyl (C=O) groups excluding carboxylic acids is 1. The van der Waals surface area contributed by atoms with E-state index >= 15 is 0 Å². The number of aliphatic hydroxyl groups is 1. The van der Waals surface area contributed by atoms with Gasteiger partial charge in [-0.05, 0) is 37.5 Å². The maximum Gasteiger partial charge on any atom is 0.251 e. The molecule has 0 radical (unpaired) electrons. The molecule has 0 atom stereocenters. The Hall–Kier alpha value is -1.59. The minimum atomic E-state index is -0.306. The van der Waals surface area contributed by atoms with Crippen LogP contribution in [0, 0.1) is 12.3 Å². The highest BCUT2D eigenvalue weighted by atomic mass is 16.3. The standard InChI is InChI=1S/C20H31N3O2/c1-15-4-5-17(23-11-10-22-8-6-16(23)7-9-22)12-18(15)19(25)21-13-20(2,3)14-24/h4-5,12,16,24H,6-11,13-14H2,1-3H3,(H,21,25). The molecule has 0 aromatic heterocycles. The van der Waals surface area contributed by atoms with Crippen molar-refractivity contribution in [3.05, 3.63) is 29.3 Å². The number of carbonyl (C=O) groups is 1. The summed E-state index contributed by atoms with van der Waals surface area (Å²) in [7, 11) is 0. The topological polar surface area (TPSA) is 55.8 Å². The third-order valence-corrected chi connectivity index (χ3v) is 5.61. The van der Waals surface area contributed by atoms with E-state index in [2.05, 4.69) is 27.2 Å². The van der Waals surface area contributed by atoms with Crippen molar-refractivity contribution in [3.8, 4) is 0 Å². The molecule has 3 aliphatic heterocycles. The Kier molecular flexibility index (Phi) is 5.35. The van der Waals surface area contributed by atoms with E-state index in [-0.39, 0.29) is 17.9 Å². The molecule has 1 aromatic carbocycles. The van der Waals surface area contributed by atoms with Crippen molar-refractivity contribution in [3.63, 3.8) is 0 Å². The summed E-state index contributed by atoms with van der Waals surface area (Å²) in [6.45, 7) is 10.9. The number of benzene rings is 1. The van der Waals surface area contributed by atoms with E-state index in [1.807, 2.05) is 26.8 Å². The molecule has 1 aromatic rings. The monoisotopic (exact) mass is 345 g/mol. The second-order valence-electron chi connectivity index (χ2n) is 8.27. The maximum absolute atomic E-state index is 12.7. The van der Waals surface area contributed by atoms with E-state index in [0.717, 1.165) is 29.9 Å². The number of anilines is 1. The third-order valence-electron chi connectivity index (χ3n) is 5.61. The molecule has 3 fully saturated rings. The number of nitrogens with one attached hydrogen (secondary N) is 1. The molecule has 138 valence electrons. The Morgan fingerprint density at radius 3 is 2.64 bits per heavy atom. The van der Waals surface area contributed by atoms with Gasteiger partial charge in [0.2, 0.25) is 0 Å². The number of hydrogen-bond acceptors (Lipinski definition) is 4. The summed E-state index contributed by atoms with van der Waals surface area (Å²) in [6, 6.07) is 6.84. The van der Waals surface area contributed by atoms with Crippen LogP contribution in [-0.2, 0) is 0 Å². The van der Waals surface area contributed by atoms with E-state index in [0.29, 0.717) is 12.6 Å². The van der Waals surface area contributed by atoms with Crippen LogP contribution in [0.2, 0.25) is 0 Å². The van der Waals surface area contributed by atoms with Gasteiger partial charge in [0.15, 0.2) is 0 Å². The number of fused-ring (bicyclic) bond motifs is 4.